The average molecular weight is 116 g/mol. The van der Waals surface area contributed by atoms with E-state index in [4.69, 9.17) is 5.11 Å². The van der Waals surface area contributed by atoms with Gasteiger partial charge in [0.2, 0.25) is 6.29 Å². The van der Waals surface area contributed by atoms with Gasteiger partial charge in [-0.15, -0.1) is 0 Å². The molecule has 1 aliphatic rings. The maximum Gasteiger partial charge on any atom is 0.249 e. The standard InChI is InChI=1S/C5H5FO2/c6-4-2-1-3-8-5(4)7/h1-3,5,7H. The van der Waals surface area contributed by atoms with Gasteiger partial charge in [0.1, 0.15) is 0 Å². The van der Waals surface area contributed by atoms with Gasteiger partial charge in [0.25, 0.3) is 0 Å². The third-order valence-corrected chi connectivity index (χ3v) is 0.777. The van der Waals surface area contributed by atoms with Crippen LogP contribution in [0.2, 0.25) is 0 Å². The molecule has 0 fully saturated rings. The van der Waals surface area contributed by atoms with Crippen molar-refractivity contribution in [1.82, 2.24) is 0 Å². The molecule has 3 heteroatoms. The van der Waals surface area contributed by atoms with Gasteiger partial charge in [-0.05, 0) is 12.2 Å². The van der Waals surface area contributed by atoms with Crippen molar-refractivity contribution >= 4 is 0 Å². The molecule has 1 atom stereocenters. The maximum absolute atomic E-state index is 12.0. The van der Waals surface area contributed by atoms with E-state index in [9.17, 15) is 4.39 Å². The van der Waals surface area contributed by atoms with Crippen LogP contribution >= 0.6 is 0 Å². The van der Waals surface area contributed by atoms with Crippen molar-refractivity contribution in [3.63, 3.8) is 0 Å². The highest BCUT2D eigenvalue weighted by atomic mass is 19.1. The first-order valence-corrected chi connectivity index (χ1v) is 2.16. The molecule has 8 heavy (non-hydrogen) atoms. The van der Waals surface area contributed by atoms with E-state index in [0.717, 1.165) is 6.08 Å². The van der Waals surface area contributed by atoms with Crippen LogP contribution < -0.4 is 0 Å². The summed E-state index contributed by atoms with van der Waals surface area (Å²) >= 11 is 0. The first kappa shape index (κ1) is 5.31. The minimum Gasteiger partial charge on any atom is -0.466 e. The van der Waals surface area contributed by atoms with Gasteiger partial charge in [-0.3, -0.25) is 0 Å². The predicted octanol–water partition coefficient (Wildman–Crippen LogP) is 0.702. The molecule has 0 saturated heterocycles. The monoisotopic (exact) mass is 116 g/mol. The summed E-state index contributed by atoms with van der Waals surface area (Å²) in [5, 5.41) is 8.46. The molecule has 1 unspecified atom stereocenters. The minimum absolute atomic E-state index is 0.660. The van der Waals surface area contributed by atoms with Crippen LogP contribution in [0.1, 0.15) is 0 Å². The largest absolute Gasteiger partial charge is 0.466 e. The van der Waals surface area contributed by atoms with Gasteiger partial charge in [0.05, 0.1) is 6.26 Å². The summed E-state index contributed by atoms with van der Waals surface area (Å²) in [6.07, 6.45) is 2.37. The van der Waals surface area contributed by atoms with Crippen molar-refractivity contribution in [2.75, 3.05) is 0 Å². The molecule has 0 spiro atoms. The molecule has 0 aromatic rings. The van der Waals surface area contributed by atoms with Crippen LogP contribution in [0.5, 0.6) is 0 Å². The quantitative estimate of drug-likeness (QED) is 0.504. The lowest BCUT2D eigenvalue weighted by Crippen LogP contribution is -2.10. The van der Waals surface area contributed by atoms with Crippen LogP contribution in [0.4, 0.5) is 4.39 Å². The molecule has 2 nitrogen and oxygen atoms in total. The second kappa shape index (κ2) is 1.96. The topological polar surface area (TPSA) is 29.5 Å². The van der Waals surface area contributed by atoms with Gasteiger partial charge < -0.3 is 9.84 Å². The van der Waals surface area contributed by atoms with Gasteiger partial charge in [-0.25, -0.2) is 4.39 Å². The molecule has 0 aliphatic carbocycles. The van der Waals surface area contributed by atoms with Gasteiger partial charge >= 0.3 is 0 Å². The molecule has 44 valence electrons. The highest BCUT2D eigenvalue weighted by Gasteiger charge is 2.10. The van der Waals surface area contributed by atoms with Gasteiger partial charge in [-0.2, -0.15) is 0 Å². The van der Waals surface area contributed by atoms with Gasteiger partial charge in [0.15, 0.2) is 5.83 Å². The molecule has 0 aromatic carbocycles. The number of ether oxygens (including phenoxy) is 1. The SMILES string of the molecule is OC1OC=CC=C1F. The van der Waals surface area contributed by atoms with E-state index in [0.29, 0.717) is 0 Å². The fourth-order valence-corrected chi connectivity index (χ4v) is 0.398. The predicted molar refractivity (Wildman–Crippen MR) is 25.4 cm³/mol. The van der Waals surface area contributed by atoms with E-state index in [1.165, 1.54) is 12.3 Å². The van der Waals surface area contributed by atoms with Crippen LogP contribution in [0.25, 0.3) is 0 Å². The first-order chi connectivity index (χ1) is 3.80. The molecular weight excluding hydrogens is 111 g/mol. The van der Waals surface area contributed by atoms with E-state index < -0.39 is 12.1 Å². The average Bonchev–Trinajstić information content (AvgIpc) is 1.77. The molecule has 1 aliphatic heterocycles. The van der Waals surface area contributed by atoms with Crippen LogP contribution in [-0.2, 0) is 4.74 Å². The smallest absolute Gasteiger partial charge is 0.249 e. The van der Waals surface area contributed by atoms with E-state index in [2.05, 4.69) is 4.74 Å². The summed E-state index contributed by atoms with van der Waals surface area (Å²) in [7, 11) is 0. The zero-order valence-corrected chi connectivity index (χ0v) is 4.04. The van der Waals surface area contributed by atoms with Gasteiger partial charge in [0, 0.05) is 0 Å². The van der Waals surface area contributed by atoms with Crippen LogP contribution in [0, 0.1) is 0 Å². The number of hydrogen-bond donors (Lipinski definition) is 1. The lowest BCUT2D eigenvalue weighted by Gasteiger charge is -2.09. The Balaban J connectivity index is 2.66. The Hall–Kier alpha value is -0.830. The van der Waals surface area contributed by atoms with Crippen LogP contribution in [0.3, 0.4) is 0 Å². The summed E-state index contributed by atoms with van der Waals surface area (Å²) in [4.78, 5) is 0. The number of allylic oxidation sites excluding steroid dienone is 2. The van der Waals surface area contributed by atoms with Crippen molar-refractivity contribution < 1.29 is 14.2 Å². The van der Waals surface area contributed by atoms with E-state index in [1.807, 2.05) is 0 Å². The molecule has 1 rings (SSSR count). The Morgan fingerprint density at radius 3 is 2.88 bits per heavy atom. The van der Waals surface area contributed by atoms with E-state index in [-0.39, 0.29) is 0 Å². The van der Waals surface area contributed by atoms with E-state index >= 15 is 0 Å². The number of aliphatic hydroxyl groups excluding tert-OH is 1. The molecule has 0 saturated carbocycles. The summed E-state index contributed by atoms with van der Waals surface area (Å²) in [6.45, 7) is 0. The maximum atomic E-state index is 12.0. The van der Waals surface area contributed by atoms with Crippen molar-refractivity contribution in [2.45, 2.75) is 6.29 Å². The summed E-state index contributed by atoms with van der Waals surface area (Å²) in [6, 6.07) is 0. The van der Waals surface area contributed by atoms with Crippen molar-refractivity contribution in [1.29, 1.82) is 0 Å². The van der Waals surface area contributed by atoms with Gasteiger partial charge in [-0.1, -0.05) is 0 Å². The molecule has 0 bridgehead atoms. The Kier molecular flexibility index (Phi) is 1.30. The second-order valence-electron chi connectivity index (χ2n) is 1.37. The summed E-state index contributed by atoms with van der Waals surface area (Å²) < 4.78 is 16.3. The minimum atomic E-state index is -1.39. The molecule has 0 amide bonds. The zero-order valence-electron chi connectivity index (χ0n) is 4.04. The highest BCUT2D eigenvalue weighted by molar-refractivity contribution is 5.10. The number of hydrogen-bond acceptors (Lipinski definition) is 2. The fraction of sp³-hybridized carbons (Fsp3) is 0.200. The Labute approximate surface area is 45.9 Å². The lowest BCUT2D eigenvalue weighted by atomic mass is 10.4. The Bertz CT molecular complexity index is 139. The highest BCUT2D eigenvalue weighted by Crippen LogP contribution is 2.09. The summed E-state index contributed by atoms with van der Waals surface area (Å²) in [5.74, 6) is -0.660. The van der Waals surface area contributed by atoms with Crippen molar-refractivity contribution in [3.05, 3.63) is 24.2 Å². The molecular formula is C5H5FO2. The van der Waals surface area contributed by atoms with Crippen LogP contribution in [0.15, 0.2) is 24.2 Å². The molecule has 1 N–H and O–H groups in total. The normalized spacial score (nSPS) is 26.8. The number of aliphatic hydroxyl groups is 1. The zero-order chi connectivity index (χ0) is 5.98. The molecule has 0 radical (unpaired) electrons. The van der Waals surface area contributed by atoms with Crippen molar-refractivity contribution in [3.8, 4) is 0 Å². The van der Waals surface area contributed by atoms with Crippen LogP contribution in [-0.4, -0.2) is 11.4 Å². The Morgan fingerprint density at radius 1 is 1.75 bits per heavy atom. The lowest BCUT2D eigenvalue weighted by molar-refractivity contribution is -0.0386. The summed E-state index contributed by atoms with van der Waals surface area (Å²) in [5.41, 5.74) is 0. The number of rotatable bonds is 0. The number of halogens is 1. The molecule has 0 aromatic heterocycles. The third-order valence-electron chi connectivity index (χ3n) is 0.777. The third kappa shape index (κ3) is 0.869. The molecule has 1 heterocycles. The first-order valence-electron chi connectivity index (χ1n) is 2.16. The second-order valence-corrected chi connectivity index (χ2v) is 1.37. The fourth-order valence-electron chi connectivity index (χ4n) is 0.398. The Morgan fingerprint density at radius 2 is 2.50 bits per heavy atom. The van der Waals surface area contributed by atoms with E-state index in [1.54, 1.807) is 0 Å². The van der Waals surface area contributed by atoms with Crippen molar-refractivity contribution in [2.24, 2.45) is 0 Å².